The molecule has 6 nitrogen and oxygen atoms in total. The van der Waals surface area contributed by atoms with Crippen molar-refractivity contribution in [2.24, 2.45) is 13.0 Å². The number of rotatable bonds is 4. The number of carbonyl (C=O) groups excluding carboxylic acids is 2. The van der Waals surface area contributed by atoms with Gasteiger partial charge in [-0.25, -0.2) is 0 Å². The molecule has 1 heterocycles. The van der Waals surface area contributed by atoms with Crippen LogP contribution in [0.5, 0.6) is 0 Å². The van der Waals surface area contributed by atoms with Gasteiger partial charge in [-0.2, -0.15) is 10.4 Å². The summed E-state index contributed by atoms with van der Waals surface area (Å²) in [6.07, 6.45) is 3.01. The Morgan fingerprint density at radius 3 is 2.81 bits per heavy atom. The van der Waals surface area contributed by atoms with Crippen molar-refractivity contribution in [3.63, 3.8) is 0 Å². The number of nitrogens with zero attached hydrogens (tertiary/aromatic N) is 3. The predicted molar refractivity (Wildman–Crippen MR) is 117 cm³/mol. The second-order valence-corrected chi connectivity index (χ2v) is 8.34. The number of anilines is 1. The second-order valence-electron chi connectivity index (χ2n) is 8.34. The standard InChI is InChI=1S/C25H22N4O2/c1-14-6-3-9-16(12-14)27-25(31)19(13-26)24(30)22-21-17-10-4-7-15-8-5-11-18(20(15)17)23(21)29(2)28-22/h3,5-6,8-9,11-12,17,19H,4,7,10H2,1-2H3,(H,27,31). The molecule has 3 aromatic rings. The molecule has 1 N–H and O–H groups in total. The number of nitrogens with one attached hydrogen (secondary N) is 1. The first-order valence-corrected chi connectivity index (χ1v) is 10.5. The molecule has 0 saturated carbocycles. The molecule has 2 aromatic carbocycles. The quantitative estimate of drug-likeness (QED) is 0.517. The van der Waals surface area contributed by atoms with Crippen LogP contribution in [0.1, 0.15) is 51.5 Å². The average molecular weight is 410 g/mol. The Bertz CT molecular complexity index is 1280. The maximum atomic E-state index is 13.4. The number of Topliss-reactive ketones (excluding diaryl/α,β-unsaturated/α-hetero) is 1. The lowest BCUT2D eigenvalue weighted by Crippen LogP contribution is -2.30. The molecule has 0 aliphatic heterocycles. The molecule has 6 heteroatoms. The summed E-state index contributed by atoms with van der Waals surface area (Å²) in [4.78, 5) is 26.2. The topological polar surface area (TPSA) is 87.8 Å². The van der Waals surface area contributed by atoms with Crippen molar-refractivity contribution in [2.75, 3.05) is 5.32 Å². The van der Waals surface area contributed by atoms with E-state index in [4.69, 9.17) is 0 Å². The Morgan fingerprint density at radius 2 is 2.03 bits per heavy atom. The number of amides is 1. The van der Waals surface area contributed by atoms with Crippen LogP contribution in [0, 0.1) is 24.2 Å². The fourth-order valence-electron chi connectivity index (χ4n) is 5.06. The lowest BCUT2D eigenvalue weighted by atomic mass is 9.81. The fraction of sp³-hybridized carbons (Fsp3) is 0.280. The summed E-state index contributed by atoms with van der Waals surface area (Å²) in [6.45, 7) is 1.91. The SMILES string of the molecule is Cc1cccc(NC(=O)C(C#N)C(=O)c2nn(C)c3c2C2CCCc4cccc-3c42)c1. The summed E-state index contributed by atoms with van der Waals surface area (Å²) in [7, 11) is 1.82. The molecule has 0 saturated heterocycles. The minimum absolute atomic E-state index is 0.0989. The van der Waals surface area contributed by atoms with E-state index < -0.39 is 17.6 Å². The largest absolute Gasteiger partial charge is 0.325 e. The molecular formula is C25H22N4O2. The van der Waals surface area contributed by atoms with Crippen molar-refractivity contribution in [1.82, 2.24) is 9.78 Å². The summed E-state index contributed by atoms with van der Waals surface area (Å²) in [5.74, 6) is -2.52. The van der Waals surface area contributed by atoms with Crippen LogP contribution in [0.3, 0.4) is 0 Å². The molecule has 154 valence electrons. The summed E-state index contributed by atoms with van der Waals surface area (Å²) >= 11 is 0. The Kier molecular flexibility index (Phi) is 4.48. The monoisotopic (exact) mass is 410 g/mol. The normalized spacial score (nSPS) is 16.7. The Balaban J connectivity index is 1.52. The van der Waals surface area contributed by atoms with Crippen molar-refractivity contribution in [3.8, 4) is 17.3 Å². The van der Waals surface area contributed by atoms with Gasteiger partial charge in [0.25, 0.3) is 0 Å². The third-order valence-corrected chi connectivity index (χ3v) is 6.34. The lowest BCUT2D eigenvalue weighted by molar-refractivity contribution is -0.117. The molecule has 5 rings (SSSR count). The van der Waals surface area contributed by atoms with E-state index in [0.717, 1.165) is 41.6 Å². The van der Waals surface area contributed by atoms with Gasteiger partial charge in [0.1, 0.15) is 5.69 Å². The van der Waals surface area contributed by atoms with Crippen LogP contribution in [0.25, 0.3) is 11.3 Å². The molecule has 31 heavy (non-hydrogen) atoms. The number of carbonyl (C=O) groups is 2. The van der Waals surface area contributed by atoms with Crippen LogP contribution < -0.4 is 5.32 Å². The molecule has 2 unspecified atom stereocenters. The number of aryl methyl sites for hydroxylation is 3. The van der Waals surface area contributed by atoms with E-state index in [1.807, 2.05) is 38.2 Å². The van der Waals surface area contributed by atoms with Crippen molar-refractivity contribution < 1.29 is 9.59 Å². The molecule has 1 aromatic heterocycles. The van der Waals surface area contributed by atoms with Crippen LogP contribution in [-0.2, 0) is 18.3 Å². The number of aromatic nitrogens is 2. The summed E-state index contributed by atoms with van der Waals surface area (Å²) in [5.41, 5.74) is 7.31. The molecule has 2 aliphatic rings. The van der Waals surface area contributed by atoms with E-state index in [1.165, 1.54) is 11.1 Å². The number of nitriles is 1. The molecule has 0 radical (unpaired) electrons. The van der Waals surface area contributed by atoms with Gasteiger partial charge in [-0.05, 0) is 55.0 Å². The number of hydrogen-bond acceptors (Lipinski definition) is 4. The summed E-state index contributed by atoms with van der Waals surface area (Å²) < 4.78 is 1.73. The van der Waals surface area contributed by atoms with Gasteiger partial charge in [0.2, 0.25) is 11.7 Å². The highest BCUT2D eigenvalue weighted by Crippen LogP contribution is 2.52. The maximum Gasteiger partial charge on any atom is 0.249 e. The predicted octanol–water partition coefficient (Wildman–Crippen LogP) is 4.14. The maximum absolute atomic E-state index is 13.4. The summed E-state index contributed by atoms with van der Waals surface area (Å²) in [6, 6.07) is 15.4. The van der Waals surface area contributed by atoms with E-state index in [9.17, 15) is 14.9 Å². The highest BCUT2D eigenvalue weighted by atomic mass is 16.2. The third kappa shape index (κ3) is 2.97. The van der Waals surface area contributed by atoms with Gasteiger partial charge in [0, 0.05) is 29.8 Å². The fourth-order valence-corrected chi connectivity index (χ4v) is 5.06. The van der Waals surface area contributed by atoms with Gasteiger partial charge in [0.05, 0.1) is 11.8 Å². The van der Waals surface area contributed by atoms with Gasteiger partial charge in [-0.1, -0.05) is 30.3 Å². The molecule has 0 spiro atoms. The Labute approximate surface area is 180 Å². The molecule has 2 atom stereocenters. The molecule has 2 aliphatic carbocycles. The van der Waals surface area contributed by atoms with Crippen LogP contribution in [0.2, 0.25) is 0 Å². The first kappa shape index (κ1) is 19.3. The molecule has 1 amide bonds. The highest BCUT2D eigenvalue weighted by Gasteiger charge is 2.41. The van der Waals surface area contributed by atoms with Crippen LogP contribution >= 0.6 is 0 Å². The van der Waals surface area contributed by atoms with Gasteiger partial charge >= 0.3 is 0 Å². The number of ketones is 1. The van der Waals surface area contributed by atoms with Crippen molar-refractivity contribution in [3.05, 3.63) is 70.4 Å². The van der Waals surface area contributed by atoms with Crippen molar-refractivity contribution >= 4 is 17.4 Å². The highest BCUT2D eigenvalue weighted by molar-refractivity contribution is 6.16. The lowest BCUT2D eigenvalue weighted by Gasteiger charge is -2.22. The van der Waals surface area contributed by atoms with Crippen LogP contribution in [-0.4, -0.2) is 21.5 Å². The third-order valence-electron chi connectivity index (χ3n) is 6.34. The van der Waals surface area contributed by atoms with Crippen LogP contribution in [0.4, 0.5) is 5.69 Å². The smallest absolute Gasteiger partial charge is 0.249 e. The van der Waals surface area contributed by atoms with Gasteiger partial charge < -0.3 is 5.32 Å². The van der Waals surface area contributed by atoms with E-state index >= 15 is 0 Å². The zero-order valence-corrected chi connectivity index (χ0v) is 17.5. The Morgan fingerprint density at radius 1 is 1.23 bits per heavy atom. The van der Waals surface area contributed by atoms with E-state index in [0.29, 0.717) is 5.69 Å². The van der Waals surface area contributed by atoms with Gasteiger partial charge in [-0.3, -0.25) is 14.3 Å². The zero-order valence-electron chi connectivity index (χ0n) is 17.5. The molecule has 0 fully saturated rings. The number of fused-ring (bicyclic) bond motifs is 3. The zero-order chi connectivity index (χ0) is 21.7. The molecular weight excluding hydrogens is 388 g/mol. The van der Waals surface area contributed by atoms with E-state index in [1.54, 1.807) is 16.8 Å². The first-order chi connectivity index (χ1) is 15.0. The van der Waals surface area contributed by atoms with Crippen molar-refractivity contribution in [1.29, 1.82) is 5.26 Å². The Hall–Kier alpha value is -3.72. The minimum atomic E-state index is -1.45. The summed E-state index contributed by atoms with van der Waals surface area (Å²) in [5, 5.41) is 16.9. The first-order valence-electron chi connectivity index (χ1n) is 10.5. The van der Waals surface area contributed by atoms with Crippen LogP contribution in [0.15, 0.2) is 42.5 Å². The average Bonchev–Trinajstić information content (AvgIpc) is 3.27. The van der Waals surface area contributed by atoms with Gasteiger partial charge in [-0.15, -0.1) is 0 Å². The number of hydrogen-bond donors (Lipinski definition) is 1. The molecule has 0 bridgehead atoms. The van der Waals surface area contributed by atoms with Crippen molar-refractivity contribution in [2.45, 2.75) is 32.1 Å². The van der Waals surface area contributed by atoms with E-state index in [-0.39, 0.29) is 11.6 Å². The second kappa shape index (κ2) is 7.21. The van der Waals surface area contributed by atoms with Gasteiger partial charge in [0.15, 0.2) is 5.92 Å². The van der Waals surface area contributed by atoms with E-state index in [2.05, 4.69) is 22.5 Å². The number of benzene rings is 2. The minimum Gasteiger partial charge on any atom is -0.325 e.